The maximum absolute atomic E-state index is 4.20. The largest absolute Gasteiger partial charge is 0.302 e. The van der Waals surface area contributed by atoms with Crippen molar-refractivity contribution in [2.24, 2.45) is 17.8 Å². The number of allylic oxidation sites excluding steroid dienone is 2. The molecule has 1 N–H and O–H groups in total. The van der Waals surface area contributed by atoms with Gasteiger partial charge in [-0.1, -0.05) is 36.4 Å². The molecule has 0 aliphatic heterocycles. The van der Waals surface area contributed by atoms with Gasteiger partial charge in [0.25, 0.3) is 0 Å². The van der Waals surface area contributed by atoms with E-state index in [1.165, 1.54) is 24.0 Å². The van der Waals surface area contributed by atoms with Gasteiger partial charge >= 0.3 is 0 Å². The van der Waals surface area contributed by atoms with Crippen LogP contribution in [0.15, 0.2) is 23.3 Å². The molecule has 4 fully saturated rings. The second-order valence-electron chi connectivity index (χ2n) is 8.90. The lowest BCUT2D eigenvalue weighted by molar-refractivity contribution is -0.0214. The van der Waals surface area contributed by atoms with Gasteiger partial charge in [-0.15, -0.1) is 0 Å². The normalized spacial score (nSPS) is 45.4. The topological polar surface area (TPSA) is 12.0 Å². The van der Waals surface area contributed by atoms with E-state index in [1.54, 1.807) is 19.3 Å². The SMILES string of the molecule is CC1=CC(NC23CC4CC(CC(C4)C2[SiH](C)C)C3)C=C1C. The molecular formula is C19H31NSi. The van der Waals surface area contributed by atoms with Crippen LogP contribution in [-0.2, 0) is 0 Å². The summed E-state index contributed by atoms with van der Waals surface area (Å²) in [6.45, 7) is 9.74. The van der Waals surface area contributed by atoms with Gasteiger partial charge in [-0.2, -0.15) is 0 Å². The molecule has 1 nitrogen and oxygen atoms in total. The van der Waals surface area contributed by atoms with Crippen molar-refractivity contribution in [3.8, 4) is 0 Å². The smallest absolute Gasteiger partial charge is 0.0451 e. The van der Waals surface area contributed by atoms with Crippen LogP contribution in [0.4, 0.5) is 0 Å². The molecule has 4 bridgehead atoms. The van der Waals surface area contributed by atoms with Gasteiger partial charge in [-0.3, -0.25) is 0 Å². The summed E-state index contributed by atoms with van der Waals surface area (Å²) in [5.74, 6) is 3.14. The fourth-order valence-corrected chi connectivity index (χ4v) is 9.79. The molecule has 21 heavy (non-hydrogen) atoms. The molecule has 116 valence electrons. The highest BCUT2D eigenvalue weighted by atomic mass is 28.3. The third kappa shape index (κ3) is 2.21. The van der Waals surface area contributed by atoms with Crippen LogP contribution in [0.1, 0.15) is 46.0 Å². The van der Waals surface area contributed by atoms with E-state index in [1.807, 2.05) is 0 Å². The minimum Gasteiger partial charge on any atom is -0.302 e. The van der Waals surface area contributed by atoms with Gasteiger partial charge in [-0.05, 0) is 69.2 Å². The fraction of sp³-hybridized carbons (Fsp3) is 0.789. The van der Waals surface area contributed by atoms with Gasteiger partial charge in [0.2, 0.25) is 0 Å². The third-order valence-corrected chi connectivity index (χ3v) is 9.66. The van der Waals surface area contributed by atoms with Crippen LogP contribution < -0.4 is 5.32 Å². The van der Waals surface area contributed by atoms with E-state index < -0.39 is 8.80 Å². The van der Waals surface area contributed by atoms with Crippen molar-refractivity contribution in [2.45, 2.75) is 76.2 Å². The highest BCUT2D eigenvalue weighted by molar-refractivity contribution is 6.58. The van der Waals surface area contributed by atoms with Crippen LogP contribution in [0.2, 0.25) is 18.6 Å². The standard InChI is InChI=1S/C19H31NSi/c1-12-5-17(6-13(12)2)20-19-10-14-7-15(11-19)9-16(8-14)18(19)21(3)4/h5-6,14-18,20-21H,7-11H2,1-4H3. The zero-order valence-corrected chi connectivity index (χ0v) is 15.3. The van der Waals surface area contributed by atoms with E-state index >= 15 is 0 Å². The summed E-state index contributed by atoms with van der Waals surface area (Å²) in [4.78, 5) is 0. The van der Waals surface area contributed by atoms with Gasteiger partial charge in [0, 0.05) is 20.4 Å². The molecule has 5 aliphatic carbocycles. The van der Waals surface area contributed by atoms with Crippen LogP contribution >= 0.6 is 0 Å². The highest BCUT2D eigenvalue weighted by Gasteiger charge is 2.57. The highest BCUT2D eigenvalue weighted by Crippen LogP contribution is 2.62. The lowest BCUT2D eigenvalue weighted by atomic mass is 9.52. The number of hydrogen-bond donors (Lipinski definition) is 1. The Morgan fingerprint density at radius 2 is 1.57 bits per heavy atom. The van der Waals surface area contributed by atoms with Crippen molar-refractivity contribution >= 4 is 8.80 Å². The Balaban J connectivity index is 1.64. The molecule has 0 saturated heterocycles. The summed E-state index contributed by atoms with van der Waals surface area (Å²) in [5, 5.41) is 4.20. The van der Waals surface area contributed by atoms with Crippen LogP contribution in [0.5, 0.6) is 0 Å². The summed E-state index contributed by atoms with van der Waals surface area (Å²) in [5.41, 5.74) is 4.50. The van der Waals surface area contributed by atoms with E-state index in [0.717, 1.165) is 23.3 Å². The predicted molar refractivity (Wildman–Crippen MR) is 93.4 cm³/mol. The molecule has 0 heterocycles. The molecule has 2 heteroatoms. The van der Waals surface area contributed by atoms with Crippen molar-refractivity contribution < 1.29 is 0 Å². The Morgan fingerprint density at radius 1 is 1.00 bits per heavy atom. The van der Waals surface area contributed by atoms with Crippen molar-refractivity contribution in [2.75, 3.05) is 0 Å². The van der Waals surface area contributed by atoms with Crippen LogP contribution in [0.25, 0.3) is 0 Å². The molecule has 0 aromatic rings. The van der Waals surface area contributed by atoms with E-state index in [2.05, 4.69) is 44.4 Å². The fourth-order valence-electron chi connectivity index (χ4n) is 6.74. The second kappa shape index (κ2) is 4.83. The molecule has 3 unspecified atom stereocenters. The minimum atomic E-state index is -0.604. The predicted octanol–water partition coefficient (Wildman–Crippen LogP) is 4.29. The molecule has 0 amide bonds. The molecule has 0 radical (unpaired) electrons. The molecule has 3 atom stereocenters. The van der Waals surface area contributed by atoms with Gasteiger partial charge in [0.15, 0.2) is 0 Å². The van der Waals surface area contributed by atoms with Gasteiger partial charge in [0.1, 0.15) is 0 Å². The Bertz CT molecular complexity index is 472. The molecule has 0 spiro atoms. The molecule has 5 rings (SSSR count). The van der Waals surface area contributed by atoms with Crippen molar-refractivity contribution in [3.63, 3.8) is 0 Å². The van der Waals surface area contributed by atoms with Gasteiger partial charge in [-0.25, -0.2) is 0 Å². The van der Waals surface area contributed by atoms with Crippen LogP contribution in [0, 0.1) is 17.8 Å². The Kier molecular flexibility index (Phi) is 3.28. The average molecular weight is 302 g/mol. The molecule has 5 aliphatic rings. The number of nitrogens with one attached hydrogen (secondary N) is 1. The summed E-state index contributed by atoms with van der Waals surface area (Å²) >= 11 is 0. The van der Waals surface area contributed by atoms with E-state index in [4.69, 9.17) is 0 Å². The first-order valence-corrected chi connectivity index (χ1v) is 12.1. The van der Waals surface area contributed by atoms with Gasteiger partial charge in [0.05, 0.1) is 0 Å². The lowest BCUT2D eigenvalue weighted by Crippen LogP contribution is -2.65. The first-order valence-electron chi connectivity index (χ1n) is 9.12. The Morgan fingerprint density at radius 3 is 2.10 bits per heavy atom. The molecular weight excluding hydrogens is 270 g/mol. The Labute approximate surface area is 131 Å². The second-order valence-corrected chi connectivity index (χ2v) is 12.1. The first-order chi connectivity index (χ1) is 9.97. The molecule has 0 aromatic heterocycles. The first kappa shape index (κ1) is 14.3. The lowest BCUT2D eigenvalue weighted by Gasteiger charge is -2.63. The maximum Gasteiger partial charge on any atom is 0.0451 e. The summed E-state index contributed by atoms with van der Waals surface area (Å²) in [6.07, 6.45) is 12.5. The van der Waals surface area contributed by atoms with Crippen molar-refractivity contribution in [3.05, 3.63) is 23.3 Å². The van der Waals surface area contributed by atoms with E-state index in [-0.39, 0.29) is 0 Å². The Hall–Kier alpha value is -0.343. The summed E-state index contributed by atoms with van der Waals surface area (Å²) < 4.78 is 0. The number of hydrogen-bond acceptors (Lipinski definition) is 1. The minimum absolute atomic E-state index is 0.498. The van der Waals surface area contributed by atoms with Crippen LogP contribution in [0.3, 0.4) is 0 Å². The maximum atomic E-state index is 4.20. The molecule has 0 aromatic carbocycles. The zero-order valence-electron chi connectivity index (χ0n) is 14.2. The zero-order chi connectivity index (χ0) is 14.8. The average Bonchev–Trinajstić information content (AvgIpc) is 2.65. The van der Waals surface area contributed by atoms with Crippen molar-refractivity contribution in [1.29, 1.82) is 0 Å². The molecule has 4 saturated carbocycles. The van der Waals surface area contributed by atoms with E-state index in [9.17, 15) is 0 Å². The number of rotatable bonds is 3. The van der Waals surface area contributed by atoms with Gasteiger partial charge < -0.3 is 5.32 Å². The van der Waals surface area contributed by atoms with Crippen molar-refractivity contribution in [1.82, 2.24) is 5.32 Å². The summed E-state index contributed by atoms with van der Waals surface area (Å²) in [7, 11) is -0.604. The third-order valence-electron chi connectivity index (χ3n) is 7.04. The van der Waals surface area contributed by atoms with Crippen LogP contribution in [-0.4, -0.2) is 20.4 Å². The summed E-state index contributed by atoms with van der Waals surface area (Å²) in [6, 6.07) is 0.511. The van der Waals surface area contributed by atoms with E-state index in [0.29, 0.717) is 11.6 Å². The quantitative estimate of drug-likeness (QED) is 0.767. The monoisotopic (exact) mass is 301 g/mol.